The number of nitrogens with zero attached hydrogens (tertiary/aromatic N) is 1. The molecule has 0 saturated heterocycles. The lowest BCUT2D eigenvalue weighted by atomic mass is 10.2. The molecule has 3 N–H and O–H groups in total. The fourth-order valence-electron chi connectivity index (χ4n) is 1.13. The highest BCUT2D eigenvalue weighted by molar-refractivity contribution is 9.10. The number of nitrogens with two attached hydrogens (primary N) is 1. The van der Waals surface area contributed by atoms with Crippen molar-refractivity contribution < 1.29 is 5.21 Å². The van der Waals surface area contributed by atoms with Crippen molar-refractivity contribution in [2.75, 3.05) is 0 Å². The van der Waals surface area contributed by atoms with Crippen molar-refractivity contribution in [3.8, 4) is 0 Å². The topological polar surface area (TPSA) is 58.6 Å². The summed E-state index contributed by atoms with van der Waals surface area (Å²) in [4.78, 5) is 1.14. The lowest BCUT2D eigenvalue weighted by Gasteiger charge is -2.18. The third kappa shape index (κ3) is 3.72. The molecule has 16 heavy (non-hydrogen) atoms. The first-order chi connectivity index (χ1) is 7.33. The van der Waals surface area contributed by atoms with Crippen LogP contribution in [0.25, 0.3) is 0 Å². The van der Waals surface area contributed by atoms with Crippen LogP contribution in [-0.4, -0.2) is 15.8 Å². The zero-order chi connectivity index (χ0) is 12.3. The molecule has 0 aliphatic heterocycles. The van der Waals surface area contributed by atoms with Gasteiger partial charge in [-0.05, 0) is 34.1 Å². The van der Waals surface area contributed by atoms with Crippen LogP contribution in [0.15, 0.2) is 32.7 Å². The summed E-state index contributed by atoms with van der Waals surface area (Å²) in [7, 11) is 0. The molecule has 0 aromatic heterocycles. The van der Waals surface area contributed by atoms with Crippen LogP contribution in [0.4, 0.5) is 0 Å². The highest BCUT2D eigenvalue weighted by atomic mass is 79.9. The van der Waals surface area contributed by atoms with Crippen LogP contribution in [0.2, 0.25) is 0 Å². The minimum absolute atomic E-state index is 0.119. The van der Waals surface area contributed by atoms with E-state index in [1.165, 1.54) is 0 Å². The maximum Gasteiger partial charge on any atom is 0.170 e. The van der Waals surface area contributed by atoms with Crippen LogP contribution >= 0.6 is 27.7 Å². The molecule has 0 unspecified atom stereocenters. The van der Waals surface area contributed by atoms with Crippen molar-refractivity contribution in [1.29, 1.82) is 0 Å². The molecular formula is C11H15BrN2OS. The molecule has 1 aromatic rings. The van der Waals surface area contributed by atoms with Gasteiger partial charge in [-0.1, -0.05) is 25.9 Å². The maximum absolute atomic E-state index is 8.58. The van der Waals surface area contributed by atoms with Gasteiger partial charge in [-0.2, -0.15) is 0 Å². The van der Waals surface area contributed by atoms with Gasteiger partial charge in [-0.3, -0.25) is 0 Å². The fourth-order valence-corrected chi connectivity index (χ4v) is 2.70. The van der Waals surface area contributed by atoms with Crippen molar-refractivity contribution in [3.05, 3.63) is 28.2 Å². The van der Waals surface area contributed by atoms with Crippen LogP contribution < -0.4 is 5.73 Å². The second-order valence-electron chi connectivity index (χ2n) is 4.34. The third-order valence-electron chi connectivity index (χ3n) is 1.75. The van der Waals surface area contributed by atoms with Crippen molar-refractivity contribution in [1.82, 2.24) is 0 Å². The molecule has 0 radical (unpaired) electrons. The number of thioether (sulfide) groups is 1. The Morgan fingerprint density at radius 2 is 2.06 bits per heavy atom. The Morgan fingerprint density at radius 1 is 1.44 bits per heavy atom. The summed E-state index contributed by atoms with van der Waals surface area (Å²) >= 11 is 5.25. The molecule has 0 fully saturated rings. The van der Waals surface area contributed by atoms with E-state index in [0.717, 1.165) is 9.37 Å². The molecule has 88 valence electrons. The van der Waals surface area contributed by atoms with Gasteiger partial charge in [0.25, 0.3) is 0 Å². The molecule has 0 amide bonds. The molecule has 0 aliphatic rings. The lowest BCUT2D eigenvalue weighted by molar-refractivity contribution is 0.318. The van der Waals surface area contributed by atoms with E-state index in [9.17, 15) is 0 Å². The number of rotatable bonds is 2. The Balaban J connectivity index is 3.01. The molecule has 0 bridgehead atoms. The lowest BCUT2D eigenvalue weighted by Crippen LogP contribution is -2.13. The first-order valence-corrected chi connectivity index (χ1v) is 6.41. The minimum atomic E-state index is 0.119. The standard InChI is InChI=1S/C11H15BrN2OS/c1-11(2,3)16-9-5-4-7(6-8(9)12)10(13)14-15/h4-6,15H,1-3H3,(H2,13,14). The predicted octanol–water partition coefficient (Wildman–Crippen LogP) is 3.43. The second-order valence-corrected chi connectivity index (χ2v) is 7.07. The molecule has 1 aromatic carbocycles. The normalized spacial score (nSPS) is 12.9. The molecule has 0 saturated carbocycles. The second kappa shape index (κ2) is 5.10. The zero-order valence-corrected chi connectivity index (χ0v) is 11.9. The molecule has 5 heteroatoms. The van der Waals surface area contributed by atoms with E-state index in [4.69, 9.17) is 10.9 Å². The minimum Gasteiger partial charge on any atom is -0.409 e. The summed E-state index contributed by atoms with van der Waals surface area (Å²) in [6.45, 7) is 6.46. The molecule has 1 rings (SSSR count). The van der Waals surface area contributed by atoms with E-state index in [-0.39, 0.29) is 10.6 Å². The van der Waals surface area contributed by atoms with Gasteiger partial charge in [0.05, 0.1) is 0 Å². The summed E-state index contributed by atoms with van der Waals surface area (Å²) in [6, 6.07) is 5.66. The zero-order valence-electron chi connectivity index (χ0n) is 9.49. The average Bonchev–Trinajstić information content (AvgIpc) is 2.18. The molecule has 0 spiro atoms. The van der Waals surface area contributed by atoms with Gasteiger partial charge in [0.15, 0.2) is 5.84 Å². The fraction of sp³-hybridized carbons (Fsp3) is 0.364. The number of halogens is 1. The van der Waals surface area contributed by atoms with Crippen LogP contribution in [0.1, 0.15) is 26.3 Å². The number of amidine groups is 1. The van der Waals surface area contributed by atoms with E-state index >= 15 is 0 Å². The number of benzene rings is 1. The van der Waals surface area contributed by atoms with Gasteiger partial charge >= 0.3 is 0 Å². The van der Waals surface area contributed by atoms with Crippen molar-refractivity contribution >= 4 is 33.5 Å². The predicted molar refractivity (Wildman–Crippen MR) is 72.3 cm³/mol. The maximum atomic E-state index is 8.58. The van der Waals surface area contributed by atoms with E-state index in [1.807, 2.05) is 18.2 Å². The van der Waals surface area contributed by atoms with Crippen molar-refractivity contribution in [2.45, 2.75) is 30.4 Å². The van der Waals surface area contributed by atoms with Gasteiger partial charge in [-0.15, -0.1) is 11.8 Å². The van der Waals surface area contributed by atoms with Crippen molar-refractivity contribution in [2.24, 2.45) is 10.9 Å². The highest BCUT2D eigenvalue weighted by Gasteiger charge is 2.14. The Bertz CT molecular complexity index is 413. The Labute approximate surface area is 108 Å². The summed E-state index contributed by atoms with van der Waals surface area (Å²) in [6.07, 6.45) is 0. The Kier molecular flexibility index (Phi) is 4.27. The van der Waals surface area contributed by atoms with Gasteiger partial charge in [0, 0.05) is 19.7 Å². The van der Waals surface area contributed by atoms with Crippen LogP contribution in [0.5, 0.6) is 0 Å². The number of hydrogen-bond donors (Lipinski definition) is 2. The third-order valence-corrected chi connectivity index (χ3v) is 3.86. The van der Waals surface area contributed by atoms with Crippen LogP contribution in [0.3, 0.4) is 0 Å². The van der Waals surface area contributed by atoms with E-state index < -0.39 is 0 Å². The van der Waals surface area contributed by atoms with E-state index in [2.05, 4.69) is 41.9 Å². The summed E-state index contributed by atoms with van der Waals surface area (Å²) in [5, 5.41) is 11.5. The SMILES string of the molecule is CC(C)(C)Sc1ccc(/C(N)=N/O)cc1Br. The van der Waals surface area contributed by atoms with E-state index in [1.54, 1.807) is 11.8 Å². The number of hydrogen-bond acceptors (Lipinski definition) is 3. The molecule has 0 aliphatic carbocycles. The van der Waals surface area contributed by atoms with Crippen LogP contribution in [-0.2, 0) is 0 Å². The quantitative estimate of drug-likeness (QED) is 0.289. The summed E-state index contributed by atoms with van der Waals surface area (Å²) in [5.74, 6) is 0.119. The summed E-state index contributed by atoms with van der Waals surface area (Å²) < 4.78 is 1.11. The van der Waals surface area contributed by atoms with Crippen molar-refractivity contribution in [3.63, 3.8) is 0 Å². The molecule has 3 nitrogen and oxygen atoms in total. The molecule has 0 heterocycles. The Morgan fingerprint density at radius 3 is 2.50 bits per heavy atom. The van der Waals surface area contributed by atoms with Gasteiger partial charge in [-0.25, -0.2) is 0 Å². The average molecular weight is 303 g/mol. The Hall–Kier alpha value is -0.680. The van der Waals surface area contributed by atoms with E-state index in [0.29, 0.717) is 5.56 Å². The first kappa shape index (κ1) is 13.4. The summed E-state index contributed by atoms with van der Waals surface area (Å²) in [5.41, 5.74) is 6.21. The first-order valence-electron chi connectivity index (χ1n) is 4.80. The van der Waals surface area contributed by atoms with Gasteiger partial charge in [0.2, 0.25) is 0 Å². The van der Waals surface area contributed by atoms with Gasteiger partial charge in [0.1, 0.15) is 0 Å². The van der Waals surface area contributed by atoms with Gasteiger partial charge < -0.3 is 10.9 Å². The monoisotopic (exact) mass is 302 g/mol. The molecular weight excluding hydrogens is 288 g/mol. The van der Waals surface area contributed by atoms with Crippen LogP contribution in [0, 0.1) is 0 Å². The molecule has 0 atom stereocenters. The number of oxime groups is 1. The highest BCUT2D eigenvalue weighted by Crippen LogP contribution is 2.36. The smallest absolute Gasteiger partial charge is 0.170 e. The largest absolute Gasteiger partial charge is 0.409 e.